The summed E-state index contributed by atoms with van der Waals surface area (Å²) >= 11 is 0. The highest BCUT2D eigenvalue weighted by molar-refractivity contribution is 5.57. The van der Waals surface area contributed by atoms with Crippen LogP contribution >= 0.6 is 0 Å². The minimum Gasteiger partial charge on any atom is -0.486 e. The van der Waals surface area contributed by atoms with Crippen LogP contribution in [0.4, 0.5) is 0 Å². The molecule has 4 rings (SSSR count). The van der Waals surface area contributed by atoms with Gasteiger partial charge in [-0.25, -0.2) is 0 Å². The highest BCUT2D eigenvalue weighted by Gasteiger charge is 2.56. The highest BCUT2D eigenvalue weighted by Crippen LogP contribution is 2.59. The molecule has 1 aliphatic carbocycles. The van der Waals surface area contributed by atoms with Crippen molar-refractivity contribution in [1.29, 1.82) is 0 Å². The van der Waals surface area contributed by atoms with Crippen molar-refractivity contribution in [2.75, 3.05) is 0 Å². The first-order valence-corrected chi connectivity index (χ1v) is 8.94. The molecule has 1 saturated carbocycles. The van der Waals surface area contributed by atoms with Crippen molar-refractivity contribution in [2.45, 2.75) is 70.0 Å². The standard InChI is InChI=1S/C20H26O3/c1-4-5-6-7-13-10-15-18-16(11-13)23-19-17(18)14(12(2)22-15)8-9-20(19,3)21/h10-11,14,17,19,21H,2,4-9H2,1,3H3. The zero-order valence-corrected chi connectivity index (χ0v) is 14.1. The van der Waals surface area contributed by atoms with Crippen LogP contribution in [0.3, 0.4) is 0 Å². The molecule has 0 amide bonds. The molecule has 3 aliphatic rings. The van der Waals surface area contributed by atoms with Crippen LogP contribution in [0.25, 0.3) is 0 Å². The second kappa shape index (κ2) is 5.27. The zero-order valence-electron chi connectivity index (χ0n) is 14.1. The van der Waals surface area contributed by atoms with E-state index >= 15 is 0 Å². The SMILES string of the molecule is C=C1Oc2cc(CCCCC)cc3c2C2C1CCC(C)(O)C2O3. The van der Waals surface area contributed by atoms with Gasteiger partial charge < -0.3 is 14.6 Å². The Bertz CT molecular complexity index is 647. The number of unbranched alkanes of at least 4 members (excludes halogenated alkanes) is 2. The fourth-order valence-electron chi connectivity index (χ4n) is 4.52. The normalized spacial score (nSPS) is 33.9. The van der Waals surface area contributed by atoms with Crippen LogP contribution in [0.15, 0.2) is 24.5 Å². The fourth-order valence-corrected chi connectivity index (χ4v) is 4.52. The Hall–Kier alpha value is -1.48. The maximum absolute atomic E-state index is 10.8. The number of hydrogen-bond acceptors (Lipinski definition) is 3. The largest absolute Gasteiger partial charge is 0.486 e. The van der Waals surface area contributed by atoms with Gasteiger partial charge >= 0.3 is 0 Å². The average Bonchev–Trinajstić information content (AvgIpc) is 2.88. The topological polar surface area (TPSA) is 38.7 Å². The number of ether oxygens (including phenoxy) is 2. The van der Waals surface area contributed by atoms with Gasteiger partial charge in [0.25, 0.3) is 0 Å². The molecule has 3 nitrogen and oxygen atoms in total. The van der Waals surface area contributed by atoms with Crippen LogP contribution in [0.1, 0.15) is 63.0 Å². The van der Waals surface area contributed by atoms with E-state index in [4.69, 9.17) is 9.47 Å². The second-order valence-corrected chi connectivity index (χ2v) is 7.60. The Balaban J connectivity index is 1.73. The van der Waals surface area contributed by atoms with E-state index in [1.165, 1.54) is 24.8 Å². The van der Waals surface area contributed by atoms with Gasteiger partial charge in [0.05, 0.1) is 5.60 Å². The van der Waals surface area contributed by atoms with E-state index in [1.54, 1.807) is 0 Å². The Labute approximate surface area is 138 Å². The van der Waals surface area contributed by atoms with E-state index in [0.717, 1.165) is 42.1 Å². The molecule has 1 fully saturated rings. The molecule has 0 saturated heterocycles. The van der Waals surface area contributed by atoms with Crippen LogP contribution in [0.5, 0.6) is 11.5 Å². The van der Waals surface area contributed by atoms with Crippen molar-refractivity contribution in [3.63, 3.8) is 0 Å². The first kappa shape index (κ1) is 15.1. The zero-order chi connectivity index (χ0) is 16.2. The molecule has 1 aromatic rings. The van der Waals surface area contributed by atoms with Gasteiger partial charge in [0, 0.05) is 17.4 Å². The number of aryl methyl sites for hydroxylation is 1. The van der Waals surface area contributed by atoms with Crippen LogP contribution in [-0.4, -0.2) is 16.8 Å². The van der Waals surface area contributed by atoms with Crippen molar-refractivity contribution < 1.29 is 14.6 Å². The van der Waals surface area contributed by atoms with Gasteiger partial charge in [0.1, 0.15) is 23.4 Å². The van der Waals surface area contributed by atoms with Gasteiger partial charge in [-0.05, 0) is 50.3 Å². The Morgan fingerprint density at radius 3 is 2.87 bits per heavy atom. The summed E-state index contributed by atoms with van der Waals surface area (Å²) in [6.07, 6.45) is 6.15. The molecular weight excluding hydrogens is 288 g/mol. The van der Waals surface area contributed by atoms with Gasteiger partial charge in [-0.1, -0.05) is 26.3 Å². The van der Waals surface area contributed by atoms with E-state index in [9.17, 15) is 5.11 Å². The monoisotopic (exact) mass is 314 g/mol. The van der Waals surface area contributed by atoms with Crippen LogP contribution in [0.2, 0.25) is 0 Å². The quantitative estimate of drug-likeness (QED) is 0.841. The smallest absolute Gasteiger partial charge is 0.135 e. The minimum absolute atomic E-state index is 0.179. The van der Waals surface area contributed by atoms with Crippen molar-refractivity contribution >= 4 is 0 Å². The third-order valence-corrected chi connectivity index (χ3v) is 5.81. The number of rotatable bonds is 4. The molecule has 23 heavy (non-hydrogen) atoms. The van der Waals surface area contributed by atoms with E-state index in [1.807, 2.05) is 6.92 Å². The summed E-state index contributed by atoms with van der Waals surface area (Å²) in [7, 11) is 0. The number of allylic oxidation sites excluding steroid dienone is 1. The van der Waals surface area contributed by atoms with Crippen molar-refractivity contribution in [3.05, 3.63) is 35.6 Å². The molecule has 3 heteroatoms. The predicted molar refractivity (Wildman–Crippen MR) is 89.9 cm³/mol. The molecule has 2 heterocycles. The molecule has 0 aromatic heterocycles. The van der Waals surface area contributed by atoms with Gasteiger partial charge in [-0.15, -0.1) is 0 Å². The molecule has 4 unspecified atom stereocenters. The summed E-state index contributed by atoms with van der Waals surface area (Å²) < 4.78 is 12.3. The molecular formula is C20H26O3. The lowest BCUT2D eigenvalue weighted by atomic mass is 9.67. The molecule has 0 spiro atoms. The minimum atomic E-state index is -0.780. The number of benzene rings is 1. The lowest BCUT2D eigenvalue weighted by Crippen LogP contribution is -2.51. The first-order chi connectivity index (χ1) is 11.0. The first-order valence-electron chi connectivity index (χ1n) is 8.94. The highest BCUT2D eigenvalue weighted by atomic mass is 16.5. The van der Waals surface area contributed by atoms with Crippen molar-refractivity contribution in [1.82, 2.24) is 0 Å². The summed E-state index contributed by atoms with van der Waals surface area (Å²) in [5, 5.41) is 10.8. The Morgan fingerprint density at radius 2 is 2.09 bits per heavy atom. The maximum Gasteiger partial charge on any atom is 0.135 e. The van der Waals surface area contributed by atoms with Crippen molar-refractivity contribution in [2.24, 2.45) is 5.92 Å². The molecule has 0 bridgehead atoms. The molecule has 1 aromatic carbocycles. The summed E-state index contributed by atoms with van der Waals surface area (Å²) in [4.78, 5) is 0. The van der Waals surface area contributed by atoms with Crippen molar-refractivity contribution in [3.8, 4) is 11.5 Å². The molecule has 0 radical (unpaired) electrons. The molecule has 4 atom stereocenters. The van der Waals surface area contributed by atoms with Gasteiger partial charge in [0.2, 0.25) is 0 Å². The Kier molecular flexibility index (Phi) is 3.45. The lowest BCUT2D eigenvalue weighted by Gasteiger charge is -2.44. The van der Waals surface area contributed by atoms with Crippen LogP contribution in [0, 0.1) is 5.92 Å². The predicted octanol–water partition coefficient (Wildman–Crippen LogP) is 4.33. The summed E-state index contributed by atoms with van der Waals surface area (Å²) in [5.41, 5.74) is 1.64. The summed E-state index contributed by atoms with van der Waals surface area (Å²) in [5.74, 6) is 3.11. The van der Waals surface area contributed by atoms with Crippen LogP contribution in [-0.2, 0) is 6.42 Å². The maximum atomic E-state index is 10.8. The van der Waals surface area contributed by atoms with E-state index < -0.39 is 5.60 Å². The summed E-state index contributed by atoms with van der Waals surface area (Å²) in [6.45, 7) is 8.27. The van der Waals surface area contributed by atoms with Crippen LogP contribution < -0.4 is 9.47 Å². The Morgan fingerprint density at radius 1 is 1.30 bits per heavy atom. The molecule has 1 N–H and O–H groups in total. The van der Waals surface area contributed by atoms with E-state index in [2.05, 4.69) is 25.6 Å². The molecule has 2 aliphatic heterocycles. The second-order valence-electron chi connectivity index (χ2n) is 7.60. The molecule has 124 valence electrons. The summed E-state index contributed by atoms with van der Waals surface area (Å²) in [6, 6.07) is 4.32. The number of hydrogen-bond donors (Lipinski definition) is 1. The third kappa shape index (κ3) is 2.28. The van der Waals surface area contributed by atoms with E-state index in [0.29, 0.717) is 0 Å². The van der Waals surface area contributed by atoms with Gasteiger partial charge in [0.15, 0.2) is 0 Å². The van der Waals surface area contributed by atoms with Gasteiger partial charge in [-0.2, -0.15) is 0 Å². The lowest BCUT2D eigenvalue weighted by molar-refractivity contribution is -0.0868. The third-order valence-electron chi connectivity index (χ3n) is 5.81. The fraction of sp³-hybridized carbons (Fsp3) is 0.600. The van der Waals surface area contributed by atoms with E-state index in [-0.39, 0.29) is 17.9 Å². The van der Waals surface area contributed by atoms with Gasteiger partial charge in [-0.3, -0.25) is 0 Å². The number of aliphatic hydroxyl groups is 1. The average molecular weight is 314 g/mol.